The molecule has 8 heteroatoms. The lowest BCUT2D eigenvalue weighted by Gasteiger charge is -2.20. The van der Waals surface area contributed by atoms with Gasteiger partial charge in [-0.05, 0) is 25.6 Å². The number of hydrogen-bond acceptors (Lipinski definition) is 5. The van der Waals surface area contributed by atoms with Gasteiger partial charge in [0.25, 0.3) is 0 Å². The van der Waals surface area contributed by atoms with E-state index in [1.54, 1.807) is 4.90 Å². The van der Waals surface area contributed by atoms with Gasteiger partial charge in [-0.15, -0.1) is 0 Å². The summed E-state index contributed by atoms with van der Waals surface area (Å²) in [5.41, 5.74) is 0. The van der Waals surface area contributed by atoms with E-state index >= 15 is 0 Å². The zero-order valence-corrected chi connectivity index (χ0v) is 11.6. The first kappa shape index (κ1) is 15.4. The molecular formula is C11H17N3O4S. The lowest BCUT2D eigenvalue weighted by atomic mass is 10.3. The number of aliphatic carboxylic acids is 1. The van der Waals surface area contributed by atoms with Gasteiger partial charge in [0.05, 0.1) is 0 Å². The number of sulfonamides is 1. The molecule has 0 unspecified atom stereocenters. The van der Waals surface area contributed by atoms with Gasteiger partial charge in [0.2, 0.25) is 10.0 Å². The largest absolute Gasteiger partial charge is 0.480 e. The molecule has 7 nitrogen and oxygen atoms in total. The second-order valence-electron chi connectivity index (χ2n) is 3.87. The Morgan fingerprint density at radius 2 is 2.16 bits per heavy atom. The SMILES string of the molecule is CCCN(CC(=O)O)c1ccc(S(=O)(=O)NC)cn1. The van der Waals surface area contributed by atoms with Crippen LogP contribution in [0, 0.1) is 0 Å². The topological polar surface area (TPSA) is 99.6 Å². The summed E-state index contributed by atoms with van der Waals surface area (Å²) in [7, 11) is -2.21. The third kappa shape index (κ3) is 4.18. The van der Waals surface area contributed by atoms with Crippen LogP contribution in [0.3, 0.4) is 0 Å². The number of nitrogens with zero attached hydrogens (tertiary/aromatic N) is 2. The van der Waals surface area contributed by atoms with Gasteiger partial charge in [-0.1, -0.05) is 6.92 Å². The van der Waals surface area contributed by atoms with Crippen LogP contribution in [0.5, 0.6) is 0 Å². The van der Waals surface area contributed by atoms with Crippen molar-refractivity contribution in [3.8, 4) is 0 Å². The third-order valence-electron chi connectivity index (χ3n) is 2.44. The van der Waals surface area contributed by atoms with Crippen LogP contribution in [0.1, 0.15) is 13.3 Å². The van der Waals surface area contributed by atoms with E-state index in [0.29, 0.717) is 12.4 Å². The third-order valence-corrected chi connectivity index (χ3v) is 3.84. The molecule has 0 atom stereocenters. The summed E-state index contributed by atoms with van der Waals surface area (Å²) in [6.45, 7) is 2.30. The first-order valence-electron chi connectivity index (χ1n) is 5.77. The first-order chi connectivity index (χ1) is 8.90. The molecule has 0 saturated heterocycles. The van der Waals surface area contributed by atoms with Crippen LogP contribution in [0.2, 0.25) is 0 Å². The Kier molecular flexibility index (Phi) is 5.25. The molecule has 0 aliphatic rings. The van der Waals surface area contributed by atoms with Crippen LogP contribution < -0.4 is 9.62 Å². The number of anilines is 1. The van der Waals surface area contributed by atoms with Crippen molar-refractivity contribution in [3.05, 3.63) is 18.3 Å². The Morgan fingerprint density at radius 3 is 2.58 bits per heavy atom. The minimum absolute atomic E-state index is 0.0468. The fourth-order valence-corrected chi connectivity index (χ4v) is 2.22. The van der Waals surface area contributed by atoms with E-state index in [9.17, 15) is 13.2 Å². The van der Waals surface area contributed by atoms with Gasteiger partial charge in [0.1, 0.15) is 17.3 Å². The summed E-state index contributed by atoms with van der Waals surface area (Å²) in [4.78, 5) is 16.4. The van der Waals surface area contributed by atoms with Crippen molar-refractivity contribution in [1.29, 1.82) is 0 Å². The van der Waals surface area contributed by atoms with Gasteiger partial charge >= 0.3 is 5.97 Å². The average molecular weight is 287 g/mol. The van der Waals surface area contributed by atoms with Crippen molar-refractivity contribution < 1.29 is 18.3 Å². The van der Waals surface area contributed by atoms with Gasteiger partial charge < -0.3 is 10.0 Å². The van der Waals surface area contributed by atoms with Crippen LogP contribution in [-0.2, 0) is 14.8 Å². The van der Waals surface area contributed by atoms with E-state index in [-0.39, 0.29) is 11.4 Å². The number of carboxylic acid groups (broad SMARTS) is 1. The number of nitrogens with one attached hydrogen (secondary N) is 1. The lowest BCUT2D eigenvalue weighted by Crippen LogP contribution is -2.31. The van der Waals surface area contributed by atoms with Gasteiger partial charge in [-0.2, -0.15) is 0 Å². The van der Waals surface area contributed by atoms with Crippen molar-refractivity contribution in [3.63, 3.8) is 0 Å². The molecule has 0 radical (unpaired) electrons. The van der Waals surface area contributed by atoms with Crippen LogP contribution in [-0.4, -0.2) is 44.6 Å². The van der Waals surface area contributed by atoms with Crippen LogP contribution >= 0.6 is 0 Å². The molecule has 0 aromatic carbocycles. The Balaban J connectivity index is 2.98. The predicted molar refractivity (Wildman–Crippen MR) is 70.6 cm³/mol. The van der Waals surface area contributed by atoms with E-state index in [4.69, 9.17) is 5.11 Å². The van der Waals surface area contributed by atoms with Gasteiger partial charge in [0.15, 0.2) is 0 Å². The summed E-state index contributed by atoms with van der Waals surface area (Å²) < 4.78 is 25.2. The molecule has 0 bridgehead atoms. The van der Waals surface area contributed by atoms with E-state index in [1.807, 2.05) is 6.92 Å². The molecule has 0 spiro atoms. The van der Waals surface area contributed by atoms with E-state index in [0.717, 1.165) is 6.42 Å². The Bertz CT molecular complexity index is 527. The molecule has 1 heterocycles. The molecule has 1 aromatic rings. The minimum atomic E-state index is -3.52. The lowest BCUT2D eigenvalue weighted by molar-refractivity contribution is -0.135. The summed E-state index contributed by atoms with van der Waals surface area (Å²) in [6, 6.07) is 2.90. The van der Waals surface area contributed by atoms with E-state index < -0.39 is 16.0 Å². The quantitative estimate of drug-likeness (QED) is 0.748. The van der Waals surface area contributed by atoms with Crippen LogP contribution in [0.15, 0.2) is 23.2 Å². The molecule has 0 amide bonds. The van der Waals surface area contributed by atoms with Gasteiger partial charge in [-0.3, -0.25) is 4.79 Å². The normalized spacial score (nSPS) is 11.3. The van der Waals surface area contributed by atoms with Crippen molar-refractivity contribution in [1.82, 2.24) is 9.71 Å². The second-order valence-corrected chi connectivity index (χ2v) is 5.76. The molecule has 106 valence electrons. The smallest absolute Gasteiger partial charge is 0.323 e. The number of carbonyl (C=O) groups is 1. The number of rotatable bonds is 7. The average Bonchev–Trinajstić information content (AvgIpc) is 2.38. The van der Waals surface area contributed by atoms with Crippen LogP contribution in [0.25, 0.3) is 0 Å². The highest BCUT2D eigenvalue weighted by Gasteiger charge is 2.14. The Hall–Kier alpha value is -1.67. The highest BCUT2D eigenvalue weighted by molar-refractivity contribution is 7.89. The highest BCUT2D eigenvalue weighted by Crippen LogP contribution is 2.14. The predicted octanol–water partition coefficient (Wildman–Crippen LogP) is 0.291. The monoisotopic (exact) mass is 287 g/mol. The summed E-state index contributed by atoms with van der Waals surface area (Å²) in [6.07, 6.45) is 1.98. The zero-order valence-electron chi connectivity index (χ0n) is 10.8. The number of aromatic nitrogens is 1. The summed E-state index contributed by atoms with van der Waals surface area (Å²) >= 11 is 0. The van der Waals surface area contributed by atoms with Crippen molar-refractivity contribution in [2.24, 2.45) is 0 Å². The highest BCUT2D eigenvalue weighted by atomic mass is 32.2. The fraction of sp³-hybridized carbons (Fsp3) is 0.455. The number of pyridine rings is 1. The van der Waals surface area contributed by atoms with Gasteiger partial charge in [0, 0.05) is 12.7 Å². The molecular weight excluding hydrogens is 270 g/mol. The maximum atomic E-state index is 11.5. The number of carboxylic acids is 1. The molecule has 0 aliphatic carbocycles. The molecule has 0 fully saturated rings. The minimum Gasteiger partial charge on any atom is -0.480 e. The van der Waals surface area contributed by atoms with Crippen LogP contribution in [0.4, 0.5) is 5.82 Å². The molecule has 0 saturated carbocycles. The molecule has 1 rings (SSSR count). The molecule has 1 aromatic heterocycles. The molecule has 2 N–H and O–H groups in total. The van der Waals surface area contributed by atoms with Gasteiger partial charge in [-0.25, -0.2) is 18.1 Å². The summed E-state index contributed by atoms with van der Waals surface area (Å²) in [5.74, 6) is -0.513. The van der Waals surface area contributed by atoms with Crippen molar-refractivity contribution >= 4 is 21.8 Å². The van der Waals surface area contributed by atoms with E-state index in [2.05, 4.69) is 9.71 Å². The Labute approximate surface area is 112 Å². The van der Waals surface area contributed by atoms with Crippen molar-refractivity contribution in [2.75, 3.05) is 25.0 Å². The maximum Gasteiger partial charge on any atom is 0.323 e. The van der Waals surface area contributed by atoms with Crippen molar-refractivity contribution in [2.45, 2.75) is 18.2 Å². The first-order valence-corrected chi connectivity index (χ1v) is 7.25. The number of hydrogen-bond donors (Lipinski definition) is 2. The maximum absolute atomic E-state index is 11.5. The van der Waals surface area contributed by atoms with E-state index in [1.165, 1.54) is 25.4 Å². The Morgan fingerprint density at radius 1 is 1.47 bits per heavy atom. The fourth-order valence-electron chi connectivity index (χ4n) is 1.54. The molecule has 19 heavy (non-hydrogen) atoms. The molecule has 0 aliphatic heterocycles. The zero-order chi connectivity index (χ0) is 14.5. The standard InChI is InChI=1S/C11H17N3O4S/c1-3-6-14(8-11(15)16)10-5-4-9(7-13-10)19(17,18)12-2/h4-5,7,12H,3,6,8H2,1-2H3,(H,15,16). The second kappa shape index (κ2) is 6.48. The summed E-state index contributed by atoms with van der Waals surface area (Å²) in [5, 5.41) is 8.82.